The molecule has 0 unspecified atom stereocenters. The molecule has 0 atom stereocenters. The average molecular weight is 421 g/mol. The largest absolute Gasteiger partial charge is 0.486 e. The molecule has 1 aromatic heterocycles. The van der Waals surface area contributed by atoms with Crippen LogP contribution in [0.25, 0.3) is 0 Å². The van der Waals surface area contributed by atoms with Gasteiger partial charge in [-0.2, -0.15) is 0 Å². The fourth-order valence-electron chi connectivity index (χ4n) is 3.18. The fraction of sp³-hybridized carbons (Fsp3) is 0.217. The Morgan fingerprint density at radius 2 is 1.61 bits per heavy atom. The van der Waals surface area contributed by atoms with Gasteiger partial charge in [-0.05, 0) is 62.4 Å². The highest BCUT2D eigenvalue weighted by Crippen LogP contribution is 2.32. The van der Waals surface area contributed by atoms with Gasteiger partial charge in [0.25, 0.3) is 11.8 Å². The van der Waals surface area contributed by atoms with Crippen LogP contribution < -0.4 is 25.0 Å². The van der Waals surface area contributed by atoms with Crippen molar-refractivity contribution >= 4 is 17.5 Å². The van der Waals surface area contributed by atoms with Gasteiger partial charge in [-0.25, -0.2) is 0 Å². The van der Waals surface area contributed by atoms with E-state index in [1.165, 1.54) is 0 Å². The zero-order valence-corrected chi connectivity index (χ0v) is 17.3. The van der Waals surface area contributed by atoms with Crippen LogP contribution in [0.4, 0.5) is 5.69 Å². The van der Waals surface area contributed by atoms with E-state index in [1.807, 2.05) is 26.0 Å². The van der Waals surface area contributed by atoms with Crippen LogP contribution in [0.5, 0.6) is 17.2 Å². The van der Waals surface area contributed by atoms with E-state index in [0.29, 0.717) is 41.7 Å². The molecule has 0 radical (unpaired) electrons. The highest BCUT2D eigenvalue weighted by Gasteiger charge is 2.13. The minimum absolute atomic E-state index is 0.165. The number of aromatic nitrogens is 1. The van der Waals surface area contributed by atoms with Crippen LogP contribution in [0.15, 0.2) is 54.6 Å². The molecule has 0 saturated carbocycles. The molecule has 0 bridgehead atoms. The maximum atomic E-state index is 12.4. The van der Waals surface area contributed by atoms with E-state index in [0.717, 1.165) is 11.4 Å². The number of hydrogen-bond acceptors (Lipinski definition) is 5. The number of benzene rings is 2. The Morgan fingerprint density at radius 3 is 2.32 bits per heavy atom. The number of aryl methyl sites for hydroxylation is 2. The Bertz CT molecular complexity index is 1090. The smallest absolute Gasteiger partial charge is 0.270 e. The first-order valence-corrected chi connectivity index (χ1v) is 9.88. The third-order valence-corrected chi connectivity index (χ3v) is 4.80. The number of carbonyl (C=O) groups excluding carboxylic acids is 2. The van der Waals surface area contributed by atoms with E-state index < -0.39 is 0 Å². The molecular weight excluding hydrogens is 398 g/mol. The van der Waals surface area contributed by atoms with Gasteiger partial charge in [0.15, 0.2) is 18.1 Å². The monoisotopic (exact) mass is 421 g/mol. The van der Waals surface area contributed by atoms with Crippen molar-refractivity contribution < 1.29 is 23.8 Å². The van der Waals surface area contributed by atoms with Gasteiger partial charge in [-0.15, -0.1) is 0 Å². The second kappa shape index (κ2) is 8.83. The van der Waals surface area contributed by atoms with Gasteiger partial charge in [0.2, 0.25) is 0 Å². The number of fused-ring (bicyclic) bond motifs is 1. The number of ether oxygens (including phenoxy) is 3. The van der Waals surface area contributed by atoms with Gasteiger partial charge in [-0.1, -0.05) is 0 Å². The molecule has 31 heavy (non-hydrogen) atoms. The predicted molar refractivity (Wildman–Crippen MR) is 116 cm³/mol. The van der Waals surface area contributed by atoms with E-state index in [2.05, 4.69) is 10.7 Å². The number of amides is 2. The van der Waals surface area contributed by atoms with E-state index >= 15 is 0 Å². The van der Waals surface area contributed by atoms with Crippen LogP contribution in [0.1, 0.15) is 21.7 Å². The van der Waals surface area contributed by atoms with Crippen molar-refractivity contribution in [1.29, 1.82) is 0 Å². The number of carbonyl (C=O) groups is 2. The fourth-order valence-corrected chi connectivity index (χ4v) is 3.18. The molecule has 3 aromatic rings. The second-order valence-corrected chi connectivity index (χ2v) is 7.11. The van der Waals surface area contributed by atoms with Crippen LogP contribution in [0.3, 0.4) is 0 Å². The van der Waals surface area contributed by atoms with Crippen LogP contribution in [0.2, 0.25) is 0 Å². The van der Waals surface area contributed by atoms with E-state index in [-0.39, 0.29) is 18.4 Å². The summed E-state index contributed by atoms with van der Waals surface area (Å²) < 4.78 is 18.2. The Morgan fingerprint density at radius 1 is 0.935 bits per heavy atom. The number of anilines is 1. The first-order valence-electron chi connectivity index (χ1n) is 9.88. The molecule has 8 heteroatoms. The van der Waals surface area contributed by atoms with Crippen LogP contribution >= 0.6 is 0 Å². The molecule has 8 nitrogen and oxygen atoms in total. The summed E-state index contributed by atoms with van der Waals surface area (Å²) in [4.78, 5) is 24.6. The zero-order valence-electron chi connectivity index (χ0n) is 17.3. The molecular formula is C23H23N3O5. The maximum Gasteiger partial charge on any atom is 0.270 e. The summed E-state index contributed by atoms with van der Waals surface area (Å²) in [5.74, 6) is 1.21. The Balaban J connectivity index is 1.30. The van der Waals surface area contributed by atoms with Gasteiger partial charge in [0.05, 0.1) is 0 Å². The minimum Gasteiger partial charge on any atom is -0.486 e. The lowest BCUT2D eigenvalue weighted by molar-refractivity contribution is -0.118. The summed E-state index contributed by atoms with van der Waals surface area (Å²) in [5, 5.41) is 2.76. The summed E-state index contributed by atoms with van der Waals surface area (Å²) in [6.45, 7) is 4.66. The molecule has 0 fully saturated rings. The maximum absolute atomic E-state index is 12.4. The SMILES string of the molecule is Cc1ccc(C)n1NC(=O)c1ccc(OCC(=O)Nc2ccc3c(c2)OCCO3)cc1. The number of nitrogens with one attached hydrogen (secondary N) is 2. The first kappa shape index (κ1) is 20.3. The van der Waals surface area contributed by atoms with Crippen molar-refractivity contribution in [3.05, 3.63) is 71.5 Å². The third-order valence-electron chi connectivity index (χ3n) is 4.80. The first-order chi connectivity index (χ1) is 15.0. The highest BCUT2D eigenvalue weighted by molar-refractivity contribution is 6.00. The lowest BCUT2D eigenvalue weighted by atomic mass is 10.2. The van der Waals surface area contributed by atoms with Crippen molar-refractivity contribution in [2.75, 3.05) is 30.6 Å². The predicted octanol–water partition coefficient (Wildman–Crippen LogP) is 3.28. The number of nitrogens with zero attached hydrogens (tertiary/aromatic N) is 1. The third kappa shape index (κ3) is 4.80. The number of hydrogen-bond donors (Lipinski definition) is 2. The molecule has 160 valence electrons. The lowest BCUT2D eigenvalue weighted by Gasteiger charge is -2.19. The standard InChI is InChI=1S/C23H23N3O5/c1-15-3-4-16(2)26(15)25-23(28)17-5-8-19(9-6-17)31-14-22(27)24-18-7-10-20-21(13-18)30-12-11-29-20/h3-10,13H,11-12,14H2,1-2H3,(H,24,27)(H,25,28). The molecule has 2 heterocycles. The molecule has 2 N–H and O–H groups in total. The average Bonchev–Trinajstić information content (AvgIpc) is 3.10. The Labute approximate surface area is 179 Å². The Kier molecular flexibility index (Phi) is 5.79. The molecule has 0 spiro atoms. The van der Waals surface area contributed by atoms with Crippen molar-refractivity contribution in [2.45, 2.75) is 13.8 Å². The van der Waals surface area contributed by atoms with Crippen molar-refractivity contribution in [3.8, 4) is 17.2 Å². The van der Waals surface area contributed by atoms with E-state index in [9.17, 15) is 9.59 Å². The van der Waals surface area contributed by atoms with Gasteiger partial charge >= 0.3 is 0 Å². The molecule has 1 aliphatic heterocycles. The van der Waals surface area contributed by atoms with E-state index in [1.54, 1.807) is 47.1 Å². The van der Waals surface area contributed by atoms with Crippen LogP contribution in [-0.4, -0.2) is 36.3 Å². The van der Waals surface area contributed by atoms with Crippen molar-refractivity contribution in [3.63, 3.8) is 0 Å². The molecule has 1 aliphatic rings. The zero-order chi connectivity index (χ0) is 21.8. The van der Waals surface area contributed by atoms with Crippen molar-refractivity contribution in [1.82, 2.24) is 4.68 Å². The second-order valence-electron chi connectivity index (χ2n) is 7.11. The van der Waals surface area contributed by atoms with Gasteiger partial charge in [0.1, 0.15) is 19.0 Å². The summed E-state index contributed by atoms with van der Waals surface area (Å²) in [6, 6.07) is 15.7. The summed E-state index contributed by atoms with van der Waals surface area (Å²) >= 11 is 0. The normalized spacial score (nSPS) is 12.2. The number of rotatable bonds is 6. The molecule has 4 rings (SSSR count). The summed E-state index contributed by atoms with van der Waals surface area (Å²) in [6.07, 6.45) is 0. The van der Waals surface area contributed by atoms with Crippen molar-refractivity contribution in [2.24, 2.45) is 0 Å². The van der Waals surface area contributed by atoms with Crippen LogP contribution in [0, 0.1) is 13.8 Å². The molecule has 2 amide bonds. The minimum atomic E-state index is -0.308. The molecule has 0 aliphatic carbocycles. The molecule has 2 aromatic carbocycles. The highest BCUT2D eigenvalue weighted by atomic mass is 16.6. The van der Waals surface area contributed by atoms with Gasteiger partial charge in [-0.3, -0.25) is 19.7 Å². The summed E-state index contributed by atoms with van der Waals surface area (Å²) in [5.41, 5.74) is 5.81. The Hall–Kier alpha value is -3.94. The van der Waals surface area contributed by atoms with Crippen LogP contribution in [-0.2, 0) is 4.79 Å². The topological polar surface area (TPSA) is 90.8 Å². The summed E-state index contributed by atoms with van der Waals surface area (Å²) in [7, 11) is 0. The van der Waals surface area contributed by atoms with E-state index in [4.69, 9.17) is 14.2 Å². The lowest BCUT2D eigenvalue weighted by Crippen LogP contribution is -2.24. The quantitative estimate of drug-likeness (QED) is 0.638. The molecule has 0 saturated heterocycles. The van der Waals surface area contributed by atoms with Gasteiger partial charge in [0, 0.05) is 28.7 Å². The van der Waals surface area contributed by atoms with Gasteiger partial charge < -0.3 is 19.5 Å².